The highest BCUT2D eigenvalue weighted by Crippen LogP contribution is 2.26. The molecule has 0 atom stereocenters. The molecule has 0 spiro atoms. The van der Waals surface area contributed by atoms with E-state index >= 15 is 0 Å². The van der Waals surface area contributed by atoms with Crippen molar-refractivity contribution in [1.82, 2.24) is 4.57 Å². The van der Waals surface area contributed by atoms with Crippen molar-refractivity contribution in [1.29, 1.82) is 0 Å². The zero-order chi connectivity index (χ0) is 25.8. The van der Waals surface area contributed by atoms with Crippen LogP contribution in [0, 0.1) is 0 Å². The largest absolute Gasteiger partial charge is 0.497 e. The second-order valence-electron chi connectivity index (χ2n) is 7.87. The average Bonchev–Trinajstić information content (AvgIpc) is 2.89. The summed E-state index contributed by atoms with van der Waals surface area (Å²) in [7, 11) is 4.51. The summed E-state index contributed by atoms with van der Waals surface area (Å²) in [5, 5.41) is 3.53. The van der Waals surface area contributed by atoms with E-state index in [2.05, 4.69) is 5.32 Å². The number of ketones is 1. The van der Waals surface area contributed by atoms with Crippen molar-refractivity contribution in [3.05, 3.63) is 93.2 Å². The summed E-state index contributed by atoms with van der Waals surface area (Å²) < 4.78 is 17.3. The third-order valence-electron chi connectivity index (χ3n) is 5.59. The number of rotatable bonds is 8. The number of halogens is 1. The highest BCUT2D eigenvalue weighted by Gasteiger charge is 2.19. The molecule has 1 amide bonds. The summed E-state index contributed by atoms with van der Waals surface area (Å²) in [5.74, 6) is 0.627. The van der Waals surface area contributed by atoms with Crippen LogP contribution in [-0.2, 0) is 11.3 Å². The van der Waals surface area contributed by atoms with Crippen molar-refractivity contribution in [3.63, 3.8) is 0 Å². The summed E-state index contributed by atoms with van der Waals surface area (Å²) >= 11 is 5.94. The first-order chi connectivity index (χ1) is 17.3. The number of ether oxygens (including phenoxy) is 3. The van der Waals surface area contributed by atoms with E-state index in [0.717, 1.165) is 0 Å². The molecule has 4 aromatic rings. The van der Waals surface area contributed by atoms with E-state index in [1.165, 1.54) is 27.5 Å². The van der Waals surface area contributed by atoms with Crippen molar-refractivity contribution in [3.8, 4) is 17.2 Å². The maximum atomic E-state index is 13.3. The Bertz CT molecular complexity index is 1490. The Labute approximate surface area is 212 Å². The molecule has 0 fully saturated rings. The number of fused-ring (bicyclic) bond motifs is 1. The quantitative estimate of drug-likeness (QED) is 0.352. The van der Waals surface area contributed by atoms with Crippen LogP contribution in [0.4, 0.5) is 5.69 Å². The minimum absolute atomic E-state index is 0.0751. The maximum absolute atomic E-state index is 13.3. The highest BCUT2D eigenvalue weighted by atomic mass is 35.5. The summed E-state index contributed by atoms with van der Waals surface area (Å²) in [5.41, 5.74) is 0.720. The number of hydrogen-bond donors (Lipinski definition) is 1. The van der Waals surface area contributed by atoms with Crippen LogP contribution in [0.5, 0.6) is 17.2 Å². The molecule has 1 heterocycles. The fourth-order valence-corrected chi connectivity index (χ4v) is 3.91. The van der Waals surface area contributed by atoms with Gasteiger partial charge in [0.15, 0.2) is 5.78 Å². The van der Waals surface area contributed by atoms with E-state index in [-0.39, 0.29) is 23.4 Å². The fraction of sp³-hybridized carbons (Fsp3) is 0.148. The van der Waals surface area contributed by atoms with E-state index in [4.69, 9.17) is 25.8 Å². The molecule has 8 nitrogen and oxygen atoms in total. The molecule has 3 aromatic carbocycles. The number of hydrogen-bond acceptors (Lipinski definition) is 6. The smallest absolute Gasteiger partial charge is 0.244 e. The molecule has 0 aliphatic heterocycles. The Morgan fingerprint density at radius 2 is 1.50 bits per heavy atom. The van der Waals surface area contributed by atoms with E-state index in [9.17, 15) is 14.4 Å². The van der Waals surface area contributed by atoms with Gasteiger partial charge in [-0.25, -0.2) is 0 Å². The number of carbonyl (C=O) groups is 2. The summed E-state index contributed by atoms with van der Waals surface area (Å²) in [6, 6.07) is 16.2. The third kappa shape index (κ3) is 5.18. The number of aromatic nitrogens is 1. The van der Waals surface area contributed by atoms with Crippen molar-refractivity contribution in [2.45, 2.75) is 6.54 Å². The molecule has 1 aromatic heterocycles. The Morgan fingerprint density at radius 3 is 2.11 bits per heavy atom. The first-order valence-corrected chi connectivity index (χ1v) is 11.2. The maximum Gasteiger partial charge on any atom is 0.244 e. The molecule has 36 heavy (non-hydrogen) atoms. The average molecular weight is 507 g/mol. The van der Waals surface area contributed by atoms with Crippen molar-refractivity contribution in [2.24, 2.45) is 0 Å². The standard InChI is InChI=1S/C27H23ClN2O6/c1-34-19-8-9-24-22(13-19)27(33)23(26(32)16-4-6-17(28)7-5-16)14-30(24)15-25(31)29-18-10-20(35-2)12-21(11-18)36-3/h4-14H,15H2,1-3H3,(H,29,31). The van der Waals surface area contributed by atoms with Crippen LogP contribution in [0.3, 0.4) is 0 Å². The monoisotopic (exact) mass is 506 g/mol. The van der Waals surface area contributed by atoms with Crippen LogP contribution >= 0.6 is 11.6 Å². The van der Waals surface area contributed by atoms with Crippen LogP contribution < -0.4 is 25.0 Å². The summed E-state index contributed by atoms with van der Waals surface area (Å²) in [6.45, 7) is -0.163. The van der Waals surface area contributed by atoms with Gasteiger partial charge in [-0.05, 0) is 42.5 Å². The molecule has 0 bridgehead atoms. The lowest BCUT2D eigenvalue weighted by Crippen LogP contribution is -2.24. The molecule has 184 valence electrons. The molecule has 0 saturated heterocycles. The molecule has 0 aliphatic rings. The van der Waals surface area contributed by atoms with Gasteiger partial charge in [-0.3, -0.25) is 14.4 Å². The minimum atomic E-state index is -0.479. The van der Waals surface area contributed by atoms with Gasteiger partial charge in [-0.15, -0.1) is 0 Å². The lowest BCUT2D eigenvalue weighted by atomic mass is 10.0. The minimum Gasteiger partial charge on any atom is -0.497 e. The van der Waals surface area contributed by atoms with Crippen LogP contribution in [0.25, 0.3) is 10.9 Å². The van der Waals surface area contributed by atoms with Crippen molar-refractivity contribution >= 4 is 39.9 Å². The predicted molar refractivity (Wildman–Crippen MR) is 138 cm³/mol. The van der Waals surface area contributed by atoms with Gasteiger partial charge in [0.25, 0.3) is 0 Å². The molecule has 1 N–H and O–H groups in total. The molecular weight excluding hydrogens is 484 g/mol. The molecule has 0 radical (unpaired) electrons. The number of nitrogens with zero attached hydrogens (tertiary/aromatic N) is 1. The first-order valence-electron chi connectivity index (χ1n) is 10.9. The zero-order valence-corrected chi connectivity index (χ0v) is 20.6. The first kappa shape index (κ1) is 24.8. The van der Waals surface area contributed by atoms with E-state index in [0.29, 0.717) is 39.0 Å². The second kappa shape index (κ2) is 10.5. The van der Waals surface area contributed by atoms with E-state index < -0.39 is 11.2 Å². The number of benzene rings is 3. The molecule has 0 saturated carbocycles. The van der Waals surface area contributed by atoms with Crippen LogP contribution in [-0.4, -0.2) is 37.6 Å². The van der Waals surface area contributed by atoms with Crippen LogP contribution in [0.15, 0.2) is 71.7 Å². The predicted octanol–water partition coefficient (Wildman–Crippen LogP) is 4.55. The molecular formula is C27H23ClN2O6. The molecule has 0 aliphatic carbocycles. The lowest BCUT2D eigenvalue weighted by molar-refractivity contribution is -0.116. The van der Waals surface area contributed by atoms with Gasteiger partial charge in [0, 0.05) is 40.7 Å². The fourth-order valence-electron chi connectivity index (χ4n) is 3.79. The SMILES string of the molecule is COc1cc(NC(=O)Cn2cc(C(=O)c3ccc(Cl)cc3)c(=O)c3cc(OC)ccc32)cc(OC)c1. The van der Waals surface area contributed by atoms with Crippen LogP contribution in [0.1, 0.15) is 15.9 Å². The number of carbonyl (C=O) groups excluding carboxylic acids is 2. The number of methoxy groups -OCH3 is 3. The Balaban J connectivity index is 1.75. The Morgan fingerprint density at radius 1 is 0.861 bits per heavy atom. The van der Waals surface area contributed by atoms with Crippen molar-refractivity contribution < 1.29 is 23.8 Å². The Hall–Kier alpha value is -4.30. The van der Waals surface area contributed by atoms with Gasteiger partial charge < -0.3 is 24.1 Å². The van der Waals surface area contributed by atoms with E-state index in [1.807, 2.05) is 0 Å². The second-order valence-corrected chi connectivity index (χ2v) is 8.30. The van der Waals surface area contributed by atoms with Gasteiger partial charge >= 0.3 is 0 Å². The van der Waals surface area contributed by atoms with Gasteiger partial charge in [0.2, 0.25) is 11.3 Å². The summed E-state index contributed by atoms with van der Waals surface area (Å²) in [6.07, 6.45) is 1.40. The van der Waals surface area contributed by atoms with Gasteiger partial charge in [-0.1, -0.05) is 11.6 Å². The molecule has 0 unspecified atom stereocenters. The van der Waals surface area contributed by atoms with Gasteiger partial charge in [-0.2, -0.15) is 0 Å². The van der Waals surface area contributed by atoms with Crippen LogP contribution in [0.2, 0.25) is 5.02 Å². The number of anilines is 1. The highest BCUT2D eigenvalue weighted by molar-refractivity contribution is 6.30. The number of pyridine rings is 1. The summed E-state index contributed by atoms with van der Waals surface area (Å²) in [4.78, 5) is 39.5. The molecule has 9 heteroatoms. The van der Waals surface area contributed by atoms with E-state index in [1.54, 1.807) is 65.2 Å². The number of amides is 1. The van der Waals surface area contributed by atoms with Crippen molar-refractivity contribution in [2.75, 3.05) is 26.6 Å². The lowest BCUT2D eigenvalue weighted by Gasteiger charge is -2.15. The third-order valence-corrected chi connectivity index (χ3v) is 5.84. The zero-order valence-electron chi connectivity index (χ0n) is 19.8. The normalized spacial score (nSPS) is 10.7. The molecule has 4 rings (SSSR count). The van der Waals surface area contributed by atoms with Gasteiger partial charge in [0.1, 0.15) is 23.8 Å². The number of nitrogens with one attached hydrogen (secondary N) is 1. The Kier molecular flexibility index (Phi) is 7.26. The van der Waals surface area contributed by atoms with Gasteiger partial charge in [0.05, 0.1) is 37.8 Å². The topological polar surface area (TPSA) is 95.9 Å².